The zero-order valence-electron chi connectivity index (χ0n) is 10.6. The minimum Gasteiger partial charge on any atom is -0.378 e. The number of morpholine rings is 1. The summed E-state index contributed by atoms with van der Waals surface area (Å²) >= 11 is 0. The van der Waals surface area contributed by atoms with Gasteiger partial charge in [-0.25, -0.2) is 4.68 Å². The Balaban J connectivity index is 1.92. The zero-order chi connectivity index (χ0) is 13.0. The molecule has 0 radical (unpaired) electrons. The third-order valence-electron chi connectivity index (χ3n) is 3.04. The van der Waals surface area contributed by atoms with Gasteiger partial charge in [0.1, 0.15) is 6.54 Å². The summed E-state index contributed by atoms with van der Waals surface area (Å²) in [5.74, 6) is 0.0415. The highest BCUT2D eigenvalue weighted by Crippen LogP contribution is 2.09. The van der Waals surface area contributed by atoms with Gasteiger partial charge >= 0.3 is 0 Å². The molecule has 0 bridgehead atoms. The summed E-state index contributed by atoms with van der Waals surface area (Å²) in [7, 11) is 0. The van der Waals surface area contributed by atoms with E-state index in [0.717, 1.165) is 12.1 Å². The van der Waals surface area contributed by atoms with Crippen LogP contribution in [-0.2, 0) is 16.1 Å². The van der Waals surface area contributed by atoms with Crippen LogP contribution >= 0.6 is 0 Å². The average molecular weight is 253 g/mol. The molecule has 1 amide bonds. The minimum absolute atomic E-state index is 0.0415. The molecule has 1 saturated heterocycles. The highest BCUT2D eigenvalue weighted by molar-refractivity contribution is 5.75. The normalized spacial score (nSPS) is 17.8. The van der Waals surface area contributed by atoms with Crippen molar-refractivity contribution in [3.8, 4) is 0 Å². The van der Waals surface area contributed by atoms with Gasteiger partial charge in [-0.3, -0.25) is 4.79 Å². The smallest absolute Gasteiger partial charge is 0.244 e. The second-order valence-electron chi connectivity index (χ2n) is 4.35. The summed E-state index contributed by atoms with van der Waals surface area (Å²) in [6.45, 7) is 4.71. The first-order valence-electron chi connectivity index (χ1n) is 6.22. The van der Waals surface area contributed by atoms with E-state index in [1.807, 2.05) is 6.92 Å². The van der Waals surface area contributed by atoms with Crippen LogP contribution in [0, 0.1) is 0 Å². The van der Waals surface area contributed by atoms with Crippen LogP contribution in [0.2, 0.25) is 0 Å². The Labute approximate surface area is 106 Å². The van der Waals surface area contributed by atoms with E-state index < -0.39 is 0 Å². The Kier molecular flexibility index (Phi) is 4.27. The van der Waals surface area contributed by atoms with Gasteiger partial charge in [0.2, 0.25) is 5.91 Å². The van der Waals surface area contributed by atoms with E-state index in [-0.39, 0.29) is 18.5 Å². The van der Waals surface area contributed by atoms with Gasteiger partial charge < -0.3 is 15.4 Å². The highest BCUT2D eigenvalue weighted by atomic mass is 16.5. The Bertz CT molecular complexity index is 400. The van der Waals surface area contributed by atoms with Gasteiger partial charge in [0.15, 0.2) is 0 Å². The maximum absolute atomic E-state index is 12.0. The van der Waals surface area contributed by atoms with Gasteiger partial charge in [-0.1, -0.05) is 12.1 Å². The zero-order valence-corrected chi connectivity index (χ0v) is 10.6. The van der Waals surface area contributed by atoms with Crippen molar-refractivity contribution >= 4 is 5.91 Å². The molecule has 0 saturated carbocycles. The number of carbonyl (C=O) groups is 1. The Hall–Kier alpha value is -1.47. The van der Waals surface area contributed by atoms with E-state index in [2.05, 4.69) is 10.3 Å². The van der Waals surface area contributed by atoms with Crippen LogP contribution in [0.4, 0.5) is 0 Å². The molecule has 0 aromatic carbocycles. The van der Waals surface area contributed by atoms with E-state index in [1.54, 1.807) is 15.8 Å². The second-order valence-corrected chi connectivity index (χ2v) is 4.35. The first kappa shape index (κ1) is 13.0. The van der Waals surface area contributed by atoms with Crippen molar-refractivity contribution in [1.29, 1.82) is 0 Å². The van der Waals surface area contributed by atoms with Crippen LogP contribution in [0.5, 0.6) is 0 Å². The number of hydrogen-bond donors (Lipinski definition) is 1. The fraction of sp³-hybridized carbons (Fsp3) is 0.727. The molecule has 0 spiro atoms. The van der Waals surface area contributed by atoms with Crippen molar-refractivity contribution in [2.75, 3.05) is 26.3 Å². The van der Waals surface area contributed by atoms with Crippen LogP contribution in [0.3, 0.4) is 0 Å². The van der Waals surface area contributed by atoms with Gasteiger partial charge in [0.25, 0.3) is 0 Å². The molecule has 2 heterocycles. The van der Waals surface area contributed by atoms with Crippen LogP contribution in [0.1, 0.15) is 25.1 Å². The number of rotatable bonds is 4. The standard InChI is InChI=1S/C11H19N5O2/c1-2-9(12)10-7-16(14-13-10)8-11(17)15-3-5-18-6-4-15/h7,9H,2-6,8,12H2,1H3. The molecular formula is C11H19N5O2. The average Bonchev–Trinajstić information content (AvgIpc) is 2.87. The third-order valence-corrected chi connectivity index (χ3v) is 3.04. The molecule has 7 heteroatoms. The largest absolute Gasteiger partial charge is 0.378 e. The van der Waals surface area contributed by atoms with Crippen molar-refractivity contribution in [2.45, 2.75) is 25.9 Å². The summed E-state index contributed by atoms with van der Waals surface area (Å²) < 4.78 is 6.75. The lowest BCUT2D eigenvalue weighted by Gasteiger charge is -2.26. The molecule has 1 aromatic heterocycles. The monoisotopic (exact) mass is 253 g/mol. The molecule has 1 unspecified atom stereocenters. The summed E-state index contributed by atoms with van der Waals surface area (Å²) in [6, 6.07) is -0.114. The number of nitrogens with zero attached hydrogens (tertiary/aromatic N) is 4. The van der Waals surface area contributed by atoms with E-state index in [4.69, 9.17) is 10.5 Å². The SMILES string of the molecule is CCC(N)c1cn(CC(=O)N2CCOCC2)nn1. The summed E-state index contributed by atoms with van der Waals surface area (Å²) in [6.07, 6.45) is 2.54. The predicted octanol–water partition coefficient (Wildman–Crippen LogP) is -0.453. The fourth-order valence-electron chi connectivity index (χ4n) is 1.82. The molecule has 1 aliphatic heterocycles. The third kappa shape index (κ3) is 3.05. The van der Waals surface area contributed by atoms with Crippen molar-refractivity contribution in [3.63, 3.8) is 0 Å². The van der Waals surface area contributed by atoms with Crippen molar-refractivity contribution in [2.24, 2.45) is 5.73 Å². The van der Waals surface area contributed by atoms with E-state index in [1.165, 1.54) is 0 Å². The predicted molar refractivity (Wildman–Crippen MR) is 64.6 cm³/mol. The molecule has 1 aromatic rings. The maximum Gasteiger partial charge on any atom is 0.244 e. The van der Waals surface area contributed by atoms with Crippen LogP contribution < -0.4 is 5.73 Å². The molecular weight excluding hydrogens is 234 g/mol. The van der Waals surface area contributed by atoms with Crippen LogP contribution in [0.15, 0.2) is 6.20 Å². The molecule has 100 valence electrons. The molecule has 2 N–H and O–H groups in total. The maximum atomic E-state index is 12.0. The van der Waals surface area contributed by atoms with Crippen LogP contribution in [0.25, 0.3) is 0 Å². The number of aromatic nitrogens is 3. The number of nitrogens with two attached hydrogens (primary N) is 1. The quantitative estimate of drug-likeness (QED) is 0.785. The van der Waals surface area contributed by atoms with E-state index in [9.17, 15) is 4.79 Å². The fourth-order valence-corrected chi connectivity index (χ4v) is 1.82. The summed E-state index contributed by atoms with van der Waals surface area (Å²) in [5.41, 5.74) is 6.58. The van der Waals surface area contributed by atoms with Gasteiger partial charge in [-0.15, -0.1) is 5.10 Å². The molecule has 7 nitrogen and oxygen atoms in total. The molecule has 18 heavy (non-hydrogen) atoms. The molecule has 1 fully saturated rings. The highest BCUT2D eigenvalue weighted by Gasteiger charge is 2.18. The lowest BCUT2D eigenvalue weighted by molar-refractivity contribution is -0.136. The first-order valence-corrected chi connectivity index (χ1v) is 6.22. The topological polar surface area (TPSA) is 86.3 Å². The second kappa shape index (κ2) is 5.92. The minimum atomic E-state index is -0.114. The van der Waals surface area contributed by atoms with Crippen molar-refractivity contribution in [3.05, 3.63) is 11.9 Å². The Morgan fingerprint density at radius 2 is 2.28 bits per heavy atom. The van der Waals surface area contributed by atoms with Crippen molar-refractivity contribution < 1.29 is 9.53 Å². The van der Waals surface area contributed by atoms with Gasteiger partial charge in [0, 0.05) is 13.1 Å². The van der Waals surface area contributed by atoms with Gasteiger partial charge in [-0.2, -0.15) is 0 Å². The molecule has 1 atom stereocenters. The molecule has 1 aliphatic rings. The molecule has 0 aliphatic carbocycles. The number of amides is 1. The van der Waals surface area contributed by atoms with E-state index in [0.29, 0.717) is 26.3 Å². The summed E-state index contributed by atoms with van der Waals surface area (Å²) in [4.78, 5) is 13.7. The Morgan fingerprint density at radius 3 is 2.94 bits per heavy atom. The number of carbonyl (C=O) groups excluding carboxylic acids is 1. The lowest BCUT2D eigenvalue weighted by atomic mass is 10.2. The van der Waals surface area contributed by atoms with Crippen LogP contribution in [-0.4, -0.2) is 52.1 Å². The Morgan fingerprint density at radius 1 is 1.56 bits per heavy atom. The first-order chi connectivity index (χ1) is 8.70. The molecule has 2 rings (SSSR count). The lowest BCUT2D eigenvalue weighted by Crippen LogP contribution is -2.42. The van der Waals surface area contributed by atoms with Gasteiger partial charge in [-0.05, 0) is 6.42 Å². The van der Waals surface area contributed by atoms with Gasteiger partial charge in [0.05, 0.1) is 31.1 Å². The van der Waals surface area contributed by atoms with Crippen molar-refractivity contribution in [1.82, 2.24) is 19.9 Å². The van der Waals surface area contributed by atoms with E-state index >= 15 is 0 Å². The summed E-state index contributed by atoms with van der Waals surface area (Å²) in [5, 5.41) is 7.91. The number of ether oxygens (including phenoxy) is 1. The number of hydrogen-bond acceptors (Lipinski definition) is 5.